The second-order valence-electron chi connectivity index (χ2n) is 6.24. The summed E-state index contributed by atoms with van der Waals surface area (Å²) >= 11 is 2.22. The number of allylic oxidation sites excluding steroid dienone is 2. The SMILES string of the molecule is Cc1cc(I)ccc1NC(=O)CCN1C(=O)[C@H]2CC=CC[C@H]2C1=O. The summed E-state index contributed by atoms with van der Waals surface area (Å²) in [7, 11) is 0. The van der Waals surface area contributed by atoms with Gasteiger partial charge in [-0.15, -0.1) is 0 Å². The molecular weight excluding hydrogens is 419 g/mol. The minimum absolute atomic E-state index is 0.121. The third-order valence-corrected chi connectivity index (χ3v) is 5.29. The number of hydrogen-bond donors (Lipinski definition) is 1. The Bertz CT molecular complexity index is 703. The molecule has 1 heterocycles. The molecule has 1 aromatic carbocycles. The van der Waals surface area contributed by atoms with Crippen molar-refractivity contribution in [3.05, 3.63) is 39.5 Å². The Morgan fingerprint density at radius 3 is 2.42 bits per heavy atom. The monoisotopic (exact) mass is 438 g/mol. The van der Waals surface area contributed by atoms with E-state index in [1.54, 1.807) is 0 Å². The van der Waals surface area contributed by atoms with Gasteiger partial charge in [0, 0.05) is 22.2 Å². The fourth-order valence-corrected chi connectivity index (χ4v) is 3.93. The first-order chi connectivity index (χ1) is 11.5. The Labute approximate surface area is 154 Å². The first-order valence-corrected chi connectivity index (χ1v) is 9.11. The number of hydrogen-bond acceptors (Lipinski definition) is 3. The quantitative estimate of drug-likeness (QED) is 0.447. The lowest BCUT2D eigenvalue weighted by Gasteiger charge is -2.15. The number of amides is 3. The molecule has 1 aromatic rings. The van der Waals surface area contributed by atoms with E-state index < -0.39 is 0 Å². The van der Waals surface area contributed by atoms with Crippen LogP contribution in [0.3, 0.4) is 0 Å². The van der Waals surface area contributed by atoms with Crippen LogP contribution in [0.5, 0.6) is 0 Å². The second-order valence-corrected chi connectivity index (χ2v) is 7.49. The molecule has 3 rings (SSSR count). The van der Waals surface area contributed by atoms with Crippen LogP contribution in [0.1, 0.15) is 24.8 Å². The van der Waals surface area contributed by atoms with Crippen LogP contribution in [0, 0.1) is 22.3 Å². The molecule has 1 fully saturated rings. The Hall–Kier alpha value is -1.70. The zero-order valence-corrected chi connectivity index (χ0v) is 15.6. The fraction of sp³-hybridized carbons (Fsp3) is 0.389. The first kappa shape index (κ1) is 17.1. The molecular formula is C18H19IN2O3. The molecule has 0 saturated carbocycles. The van der Waals surface area contributed by atoms with Crippen LogP contribution in [-0.4, -0.2) is 29.2 Å². The standard InChI is InChI=1S/C18H19IN2O3/c1-11-10-12(19)6-7-15(11)20-16(22)8-9-21-17(23)13-4-2-3-5-14(13)18(21)24/h2-3,6-7,10,13-14H,4-5,8-9H2,1H3,(H,20,22)/t13-,14+. The maximum atomic E-state index is 12.4. The summed E-state index contributed by atoms with van der Waals surface area (Å²) in [5.74, 6) is -0.916. The molecule has 0 spiro atoms. The van der Waals surface area contributed by atoms with Gasteiger partial charge >= 0.3 is 0 Å². The van der Waals surface area contributed by atoms with Crippen LogP contribution < -0.4 is 5.32 Å². The smallest absolute Gasteiger partial charge is 0.233 e. The number of halogens is 1. The molecule has 0 aromatic heterocycles. The molecule has 24 heavy (non-hydrogen) atoms. The lowest BCUT2D eigenvalue weighted by molar-refractivity contribution is -0.140. The van der Waals surface area contributed by atoms with Crippen molar-refractivity contribution in [3.8, 4) is 0 Å². The van der Waals surface area contributed by atoms with E-state index in [1.165, 1.54) is 4.90 Å². The summed E-state index contributed by atoms with van der Waals surface area (Å²) in [6.07, 6.45) is 5.29. The molecule has 1 aliphatic carbocycles. The minimum Gasteiger partial charge on any atom is -0.326 e. The van der Waals surface area contributed by atoms with Crippen molar-refractivity contribution in [1.82, 2.24) is 4.90 Å². The Morgan fingerprint density at radius 2 is 1.83 bits per heavy atom. The summed E-state index contributed by atoms with van der Waals surface area (Å²) in [6.45, 7) is 2.09. The summed E-state index contributed by atoms with van der Waals surface area (Å²) in [5.41, 5.74) is 1.75. The number of nitrogens with zero attached hydrogens (tertiary/aromatic N) is 1. The number of rotatable bonds is 4. The highest BCUT2D eigenvalue weighted by atomic mass is 127. The van der Waals surface area contributed by atoms with Gasteiger partial charge in [-0.3, -0.25) is 19.3 Å². The summed E-state index contributed by atoms with van der Waals surface area (Å²) in [4.78, 5) is 38.1. The highest BCUT2D eigenvalue weighted by Gasteiger charge is 2.46. The van der Waals surface area contributed by atoms with E-state index >= 15 is 0 Å². The second kappa shape index (κ2) is 7.04. The number of fused-ring (bicyclic) bond motifs is 1. The molecule has 3 amide bonds. The van der Waals surface area contributed by atoms with Gasteiger partial charge in [0.1, 0.15) is 0 Å². The zero-order valence-electron chi connectivity index (χ0n) is 13.4. The molecule has 6 heteroatoms. The number of likely N-dealkylation sites (tertiary alicyclic amines) is 1. The molecule has 2 aliphatic rings. The van der Waals surface area contributed by atoms with E-state index in [2.05, 4.69) is 27.9 Å². The molecule has 1 N–H and O–H groups in total. The average molecular weight is 438 g/mol. The van der Waals surface area contributed by atoms with Crippen LogP contribution in [0.25, 0.3) is 0 Å². The Kier molecular flexibility index (Phi) is 5.03. The molecule has 0 radical (unpaired) electrons. The van der Waals surface area contributed by atoms with Crippen molar-refractivity contribution in [2.45, 2.75) is 26.2 Å². The maximum Gasteiger partial charge on any atom is 0.233 e. The molecule has 1 saturated heterocycles. The number of benzene rings is 1. The van der Waals surface area contributed by atoms with E-state index in [4.69, 9.17) is 0 Å². The van der Waals surface area contributed by atoms with Gasteiger partial charge in [0.15, 0.2) is 0 Å². The number of imide groups is 1. The van der Waals surface area contributed by atoms with Gasteiger partial charge in [-0.25, -0.2) is 0 Å². The van der Waals surface area contributed by atoms with E-state index in [1.807, 2.05) is 37.3 Å². The van der Waals surface area contributed by atoms with E-state index in [0.717, 1.165) is 14.8 Å². The van der Waals surface area contributed by atoms with Crippen LogP contribution in [0.15, 0.2) is 30.4 Å². The van der Waals surface area contributed by atoms with Crippen LogP contribution in [-0.2, 0) is 14.4 Å². The van der Waals surface area contributed by atoms with Gasteiger partial charge in [0.05, 0.1) is 11.8 Å². The van der Waals surface area contributed by atoms with E-state index in [0.29, 0.717) is 12.8 Å². The van der Waals surface area contributed by atoms with Gasteiger partial charge in [0.25, 0.3) is 0 Å². The summed E-state index contributed by atoms with van der Waals surface area (Å²) in [6, 6.07) is 5.77. The topological polar surface area (TPSA) is 66.5 Å². The number of carbonyl (C=O) groups excluding carboxylic acids is 3. The number of nitrogens with one attached hydrogen (secondary N) is 1. The normalized spacial score (nSPS) is 22.7. The van der Waals surface area contributed by atoms with Crippen molar-refractivity contribution in [1.29, 1.82) is 0 Å². The van der Waals surface area contributed by atoms with Gasteiger partial charge in [-0.2, -0.15) is 0 Å². The molecule has 0 unspecified atom stereocenters. The lowest BCUT2D eigenvalue weighted by atomic mass is 9.85. The number of anilines is 1. The van der Waals surface area contributed by atoms with Gasteiger partial charge in [0.2, 0.25) is 17.7 Å². The predicted molar refractivity (Wildman–Crippen MR) is 99.2 cm³/mol. The third kappa shape index (κ3) is 3.38. The molecule has 5 nitrogen and oxygen atoms in total. The van der Waals surface area contributed by atoms with Gasteiger partial charge in [-0.05, 0) is 66.1 Å². The minimum atomic E-state index is -0.232. The Morgan fingerprint density at radius 1 is 1.21 bits per heavy atom. The highest BCUT2D eigenvalue weighted by Crippen LogP contribution is 2.35. The number of carbonyl (C=O) groups is 3. The average Bonchev–Trinajstić information content (AvgIpc) is 2.80. The van der Waals surface area contributed by atoms with Crippen molar-refractivity contribution < 1.29 is 14.4 Å². The van der Waals surface area contributed by atoms with E-state index in [9.17, 15) is 14.4 Å². The lowest BCUT2D eigenvalue weighted by Crippen LogP contribution is -2.34. The van der Waals surface area contributed by atoms with Crippen molar-refractivity contribution in [2.24, 2.45) is 11.8 Å². The van der Waals surface area contributed by atoms with Gasteiger partial charge in [-0.1, -0.05) is 12.2 Å². The fourth-order valence-electron chi connectivity index (χ4n) is 3.28. The highest BCUT2D eigenvalue weighted by molar-refractivity contribution is 14.1. The largest absolute Gasteiger partial charge is 0.326 e. The number of aryl methyl sites for hydroxylation is 1. The summed E-state index contributed by atoms with van der Waals surface area (Å²) < 4.78 is 1.10. The molecule has 1 aliphatic heterocycles. The maximum absolute atomic E-state index is 12.4. The third-order valence-electron chi connectivity index (χ3n) is 4.62. The van der Waals surface area contributed by atoms with E-state index in [-0.39, 0.29) is 42.5 Å². The van der Waals surface area contributed by atoms with Gasteiger partial charge < -0.3 is 5.32 Å². The Balaban J connectivity index is 1.58. The van der Waals surface area contributed by atoms with Crippen LogP contribution in [0.2, 0.25) is 0 Å². The molecule has 2 atom stereocenters. The summed E-state index contributed by atoms with van der Waals surface area (Å²) in [5, 5.41) is 2.85. The zero-order chi connectivity index (χ0) is 17.3. The van der Waals surface area contributed by atoms with Crippen molar-refractivity contribution in [2.75, 3.05) is 11.9 Å². The first-order valence-electron chi connectivity index (χ1n) is 8.03. The molecule has 0 bridgehead atoms. The van der Waals surface area contributed by atoms with Crippen LogP contribution >= 0.6 is 22.6 Å². The predicted octanol–water partition coefficient (Wildman–Crippen LogP) is 2.88. The van der Waals surface area contributed by atoms with Crippen LogP contribution in [0.4, 0.5) is 5.69 Å². The molecule has 126 valence electrons. The van der Waals surface area contributed by atoms with Crippen molar-refractivity contribution >= 4 is 46.0 Å². The van der Waals surface area contributed by atoms with Crippen molar-refractivity contribution in [3.63, 3.8) is 0 Å².